The van der Waals surface area contributed by atoms with Gasteiger partial charge in [0, 0.05) is 30.0 Å². The Balaban J connectivity index is 1.58. The molecule has 0 radical (unpaired) electrons. The Morgan fingerprint density at radius 1 is 1.04 bits per heavy atom. The second kappa shape index (κ2) is 8.12. The van der Waals surface area contributed by atoms with E-state index in [1.54, 1.807) is 29.2 Å². The Morgan fingerprint density at radius 3 is 2.25 bits per heavy atom. The third-order valence-electron chi connectivity index (χ3n) is 4.75. The fourth-order valence-corrected chi connectivity index (χ4v) is 3.10. The van der Waals surface area contributed by atoms with Crippen molar-refractivity contribution in [3.05, 3.63) is 59.7 Å². The fraction of sp³-hybridized carbons (Fsp3) is 0.286. The highest BCUT2D eigenvalue weighted by Gasteiger charge is 2.30. The predicted octanol–water partition coefficient (Wildman–Crippen LogP) is 2.79. The molecule has 0 spiro atoms. The largest absolute Gasteiger partial charge is 0.366 e. The number of nitrogens with one attached hydrogen (secondary N) is 1. The molecule has 28 heavy (non-hydrogen) atoms. The van der Waals surface area contributed by atoms with Crippen LogP contribution in [0.15, 0.2) is 48.5 Å². The zero-order valence-electron chi connectivity index (χ0n) is 16.0. The molecule has 1 aliphatic rings. The van der Waals surface area contributed by atoms with E-state index in [9.17, 15) is 14.4 Å². The molecular weight excluding hydrogens is 356 g/mol. The van der Waals surface area contributed by atoms with E-state index in [4.69, 9.17) is 5.73 Å². The quantitative estimate of drug-likeness (QED) is 0.806. The lowest BCUT2D eigenvalue weighted by Crippen LogP contribution is -2.37. The van der Waals surface area contributed by atoms with E-state index in [-0.39, 0.29) is 18.5 Å². The number of nitrogens with two attached hydrogens (primary N) is 1. The third kappa shape index (κ3) is 4.31. The number of urea groups is 1. The molecule has 3 N–H and O–H groups in total. The second-order valence-electron chi connectivity index (χ2n) is 7.09. The number of carbonyl (C=O) groups is 3. The number of hydrogen-bond acceptors (Lipinski definition) is 3. The Morgan fingerprint density at radius 2 is 1.68 bits per heavy atom. The molecule has 0 unspecified atom stereocenters. The van der Waals surface area contributed by atoms with Gasteiger partial charge in [-0.05, 0) is 47.9 Å². The van der Waals surface area contributed by atoms with E-state index in [1.165, 1.54) is 10.5 Å². The van der Waals surface area contributed by atoms with Crippen LogP contribution in [0.2, 0.25) is 0 Å². The summed E-state index contributed by atoms with van der Waals surface area (Å²) in [4.78, 5) is 39.2. The molecule has 2 aromatic rings. The van der Waals surface area contributed by atoms with Crippen molar-refractivity contribution < 1.29 is 14.4 Å². The van der Waals surface area contributed by atoms with Crippen LogP contribution in [0.5, 0.6) is 0 Å². The lowest BCUT2D eigenvalue weighted by Gasteiger charge is -2.19. The van der Waals surface area contributed by atoms with Gasteiger partial charge < -0.3 is 16.0 Å². The Hall–Kier alpha value is -3.35. The fourth-order valence-electron chi connectivity index (χ4n) is 3.10. The standard InChI is InChI=1S/C21H24N4O3/c1-14(2)15-5-9-18(10-6-15)25-12-11-24(21(25)28)13-19(26)23-17-7-3-16(4-8-17)20(22)27/h3-10,14H,11-13H2,1-2H3,(H2,22,27)(H,23,26). The lowest BCUT2D eigenvalue weighted by molar-refractivity contribution is -0.116. The Kier molecular flexibility index (Phi) is 5.63. The van der Waals surface area contributed by atoms with Crippen LogP contribution < -0.4 is 16.0 Å². The van der Waals surface area contributed by atoms with Crippen LogP contribution >= 0.6 is 0 Å². The molecule has 0 saturated carbocycles. The highest BCUT2D eigenvalue weighted by atomic mass is 16.2. The highest BCUT2D eigenvalue weighted by Crippen LogP contribution is 2.23. The monoisotopic (exact) mass is 380 g/mol. The number of rotatable bonds is 6. The van der Waals surface area contributed by atoms with Crippen molar-refractivity contribution >= 4 is 29.2 Å². The Labute approximate surface area is 164 Å². The maximum atomic E-state index is 12.7. The number of nitrogens with zero attached hydrogens (tertiary/aromatic N) is 2. The molecule has 1 heterocycles. The molecule has 0 aromatic heterocycles. The van der Waals surface area contributed by atoms with Crippen LogP contribution in [0.25, 0.3) is 0 Å². The van der Waals surface area contributed by atoms with Gasteiger partial charge in [0.05, 0.1) is 0 Å². The number of amides is 4. The molecule has 0 atom stereocenters. The summed E-state index contributed by atoms with van der Waals surface area (Å²) >= 11 is 0. The molecule has 4 amide bonds. The number of carbonyl (C=O) groups excluding carboxylic acids is 3. The smallest absolute Gasteiger partial charge is 0.325 e. The number of benzene rings is 2. The average Bonchev–Trinajstić information content (AvgIpc) is 3.02. The number of hydrogen-bond donors (Lipinski definition) is 2. The van der Waals surface area contributed by atoms with Gasteiger partial charge >= 0.3 is 6.03 Å². The summed E-state index contributed by atoms with van der Waals surface area (Å²) in [7, 11) is 0. The minimum Gasteiger partial charge on any atom is -0.366 e. The molecule has 7 heteroatoms. The molecule has 7 nitrogen and oxygen atoms in total. The molecule has 0 bridgehead atoms. The van der Waals surface area contributed by atoms with Crippen molar-refractivity contribution in [1.82, 2.24) is 4.90 Å². The van der Waals surface area contributed by atoms with Gasteiger partial charge in [0.15, 0.2) is 0 Å². The summed E-state index contributed by atoms with van der Waals surface area (Å²) in [5.74, 6) is -0.389. The van der Waals surface area contributed by atoms with Crippen LogP contribution in [0.4, 0.5) is 16.2 Å². The number of anilines is 2. The van der Waals surface area contributed by atoms with Gasteiger partial charge in [-0.25, -0.2) is 4.79 Å². The maximum absolute atomic E-state index is 12.7. The van der Waals surface area contributed by atoms with Crippen molar-refractivity contribution in [3.63, 3.8) is 0 Å². The second-order valence-corrected chi connectivity index (χ2v) is 7.09. The first-order valence-corrected chi connectivity index (χ1v) is 9.21. The number of primary amides is 1. The summed E-state index contributed by atoms with van der Waals surface area (Å²) < 4.78 is 0. The topological polar surface area (TPSA) is 95.7 Å². The molecule has 1 fully saturated rings. The van der Waals surface area contributed by atoms with E-state index in [0.717, 1.165) is 5.69 Å². The van der Waals surface area contributed by atoms with E-state index in [2.05, 4.69) is 19.2 Å². The molecule has 3 rings (SSSR count). The SMILES string of the molecule is CC(C)c1ccc(N2CCN(CC(=O)Nc3ccc(C(N)=O)cc3)C2=O)cc1. The van der Waals surface area contributed by atoms with Crippen LogP contribution in [0.1, 0.15) is 35.7 Å². The highest BCUT2D eigenvalue weighted by molar-refractivity contribution is 5.99. The van der Waals surface area contributed by atoms with Crippen molar-refractivity contribution in [1.29, 1.82) is 0 Å². The molecule has 0 aliphatic carbocycles. The first-order valence-electron chi connectivity index (χ1n) is 9.21. The van der Waals surface area contributed by atoms with Crippen LogP contribution in [0, 0.1) is 0 Å². The van der Waals surface area contributed by atoms with Crippen LogP contribution in [-0.4, -0.2) is 42.4 Å². The summed E-state index contributed by atoms with van der Waals surface area (Å²) in [6.45, 7) is 5.24. The van der Waals surface area contributed by atoms with Gasteiger partial charge in [0.1, 0.15) is 6.54 Å². The van der Waals surface area contributed by atoms with E-state index >= 15 is 0 Å². The third-order valence-corrected chi connectivity index (χ3v) is 4.75. The van der Waals surface area contributed by atoms with Gasteiger partial charge in [-0.1, -0.05) is 26.0 Å². The van der Waals surface area contributed by atoms with Gasteiger partial charge in [-0.15, -0.1) is 0 Å². The molecule has 1 aliphatic heterocycles. The summed E-state index contributed by atoms with van der Waals surface area (Å²) in [6, 6.07) is 14.0. The molecular formula is C21H24N4O3. The van der Waals surface area contributed by atoms with Crippen molar-refractivity contribution in [2.24, 2.45) is 5.73 Å². The predicted molar refractivity (Wildman–Crippen MR) is 108 cm³/mol. The minimum atomic E-state index is -0.526. The summed E-state index contributed by atoms with van der Waals surface area (Å²) in [6.07, 6.45) is 0. The van der Waals surface area contributed by atoms with Crippen molar-refractivity contribution in [2.75, 3.05) is 29.9 Å². The minimum absolute atomic E-state index is 0.0308. The van der Waals surface area contributed by atoms with Gasteiger partial charge in [0.25, 0.3) is 0 Å². The van der Waals surface area contributed by atoms with E-state index in [1.807, 2.05) is 24.3 Å². The zero-order chi connectivity index (χ0) is 20.3. The Bertz CT molecular complexity index is 876. The first kappa shape index (κ1) is 19.4. The summed E-state index contributed by atoms with van der Waals surface area (Å²) in [5.41, 5.74) is 8.16. The van der Waals surface area contributed by atoms with Crippen molar-refractivity contribution in [3.8, 4) is 0 Å². The van der Waals surface area contributed by atoms with Gasteiger partial charge in [-0.3, -0.25) is 14.5 Å². The maximum Gasteiger partial charge on any atom is 0.325 e. The normalized spacial score (nSPS) is 13.9. The summed E-state index contributed by atoms with van der Waals surface area (Å²) in [5, 5.41) is 2.73. The van der Waals surface area contributed by atoms with Crippen molar-refractivity contribution in [2.45, 2.75) is 19.8 Å². The van der Waals surface area contributed by atoms with Crippen LogP contribution in [0.3, 0.4) is 0 Å². The van der Waals surface area contributed by atoms with Crippen LogP contribution in [-0.2, 0) is 4.79 Å². The molecule has 146 valence electrons. The first-order chi connectivity index (χ1) is 13.3. The lowest BCUT2D eigenvalue weighted by atomic mass is 10.0. The molecule has 1 saturated heterocycles. The van der Waals surface area contributed by atoms with E-state index < -0.39 is 5.91 Å². The molecule has 2 aromatic carbocycles. The average molecular weight is 380 g/mol. The van der Waals surface area contributed by atoms with Gasteiger partial charge in [-0.2, -0.15) is 0 Å². The zero-order valence-corrected chi connectivity index (χ0v) is 16.0. The van der Waals surface area contributed by atoms with E-state index in [0.29, 0.717) is 30.3 Å². The van der Waals surface area contributed by atoms with Gasteiger partial charge in [0.2, 0.25) is 11.8 Å².